The minimum atomic E-state index is -0.0208. The van der Waals surface area contributed by atoms with E-state index in [1.54, 1.807) is 0 Å². The highest BCUT2D eigenvalue weighted by molar-refractivity contribution is 7.99. The van der Waals surface area contributed by atoms with Crippen molar-refractivity contribution in [3.8, 4) is 11.5 Å². The van der Waals surface area contributed by atoms with Crippen LogP contribution >= 0.6 is 23.4 Å². The standard InChI is InChI=1S/C18H18ClNO3S/c1-12-2-4-14(5-3-12)20-17(21)11-24-10-13-8-15(19)18-16(9-13)22-6-7-23-18/h2-5,8-9H,6-7,10-11H2,1H3,(H,20,21). The summed E-state index contributed by atoms with van der Waals surface area (Å²) >= 11 is 7.74. The van der Waals surface area contributed by atoms with Crippen LogP contribution in [0.2, 0.25) is 5.02 Å². The second-order valence-electron chi connectivity index (χ2n) is 5.51. The number of hydrogen-bond acceptors (Lipinski definition) is 4. The Bertz CT molecular complexity index is 734. The van der Waals surface area contributed by atoms with Gasteiger partial charge in [-0.2, -0.15) is 0 Å². The molecule has 1 N–H and O–H groups in total. The lowest BCUT2D eigenvalue weighted by atomic mass is 10.2. The van der Waals surface area contributed by atoms with Gasteiger partial charge in [0.2, 0.25) is 5.91 Å². The minimum absolute atomic E-state index is 0.0208. The second-order valence-corrected chi connectivity index (χ2v) is 6.90. The summed E-state index contributed by atoms with van der Waals surface area (Å²) in [5.41, 5.74) is 2.99. The molecule has 0 spiro atoms. The van der Waals surface area contributed by atoms with Crippen LogP contribution in [0, 0.1) is 6.92 Å². The Morgan fingerprint density at radius 3 is 2.75 bits per heavy atom. The van der Waals surface area contributed by atoms with Crippen LogP contribution in [-0.4, -0.2) is 24.9 Å². The van der Waals surface area contributed by atoms with Gasteiger partial charge < -0.3 is 14.8 Å². The van der Waals surface area contributed by atoms with Crippen LogP contribution in [0.4, 0.5) is 5.69 Å². The zero-order valence-corrected chi connectivity index (χ0v) is 14.9. The Morgan fingerprint density at radius 2 is 1.96 bits per heavy atom. The van der Waals surface area contributed by atoms with Crippen molar-refractivity contribution in [2.75, 3.05) is 24.3 Å². The zero-order chi connectivity index (χ0) is 16.9. The molecule has 2 aromatic carbocycles. The molecule has 0 aliphatic carbocycles. The molecule has 2 aromatic rings. The molecule has 24 heavy (non-hydrogen) atoms. The van der Waals surface area contributed by atoms with Gasteiger partial charge in [0.15, 0.2) is 11.5 Å². The maximum absolute atomic E-state index is 12.0. The highest BCUT2D eigenvalue weighted by atomic mass is 35.5. The third kappa shape index (κ3) is 4.36. The fourth-order valence-corrected chi connectivity index (χ4v) is 3.39. The molecule has 1 aliphatic heterocycles. The highest BCUT2D eigenvalue weighted by Crippen LogP contribution is 2.39. The Balaban J connectivity index is 1.52. The largest absolute Gasteiger partial charge is 0.486 e. The van der Waals surface area contributed by atoms with Crippen molar-refractivity contribution in [3.05, 3.63) is 52.5 Å². The van der Waals surface area contributed by atoms with Crippen LogP contribution in [0.15, 0.2) is 36.4 Å². The molecular weight excluding hydrogens is 346 g/mol. The Morgan fingerprint density at radius 1 is 1.21 bits per heavy atom. The van der Waals surface area contributed by atoms with E-state index in [1.165, 1.54) is 11.8 Å². The van der Waals surface area contributed by atoms with Crippen molar-refractivity contribution in [1.82, 2.24) is 0 Å². The first-order valence-corrected chi connectivity index (χ1v) is 9.17. The molecule has 0 saturated carbocycles. The number of halogens is 1. The first kappa shape index (κ1) is 17.0. The first-order chi connectivity index (χ1) is 11.6. The molecule has 0 aromatic heterocycles. The van der Waals surface area contributed by atoms with Crippen LogP contribution in [0.5, 0.6) is 11.5 Å². The zero-order valence-electron chi connectivity index (χ0n) is 13.3. The molecule has 4 nitrogen and oxygen atoms in total. The number of benzene rings is 2. The number of ether oxygens (including phenoxy) is 2. The molecule has 0 saturated heterocycles. The van der Waals surface area contributed by atoms with E-state index in [-0.39, 0.29) is 5.91 Å². The van der Waals surface area contributed by atoms with E-state index >= 15 is 0 Å². The maximum Gasteiger partial charge on any atom is 0.234 e. The average molecular weight is 364 g/mol. The van der Waals surface area contributed by atoms with Gasteiger partial charge in [-0.1, -0.05) is 29.3 Å². The number of nitrogens with one attached hydrogen (secondary N) is 1. The molecular formula is C18H18ClNO3S. The van der Waals surface area contributed by atoms with E-state index in [1.807, 2.05) is 43.3 Å². The number of carbonyl (C=O) groups excluding carboxylic acids is 1. The minimum Gasteiger partial charge on any atom is -0.486 e. The summed E-state index contributed by atoms with van der Waals surface area (Å²) in [7, 11) is 0. The lowest BCUT2D eigenvalue weighted by molar-refractivity contribution is -0.113. The summed E-state index contributed by atoms with van der Waals surface area (Å²) in [5, 5.41) is 3.43. The van der Waals surface area contributed by atoms with Crippen molar-refractivity contribution < 1.29 is 14.3 Å². The molecule has 1 amide bonds. The van der Waals surface area contributed by atoms with Gasteiger partial charge in [0.1, 0.15) is 13.2 Å². The number of fused-ring (bicyclic) bond motifs is 1. The normalized spacial score (nSPS) is 12.8. The molecule has 126 valence electrons. The van der Waals surface area contributed by atoms with Crippen molar-refractivity contribution in [3.63, 3.8) is 0 Å². The van der Waals surface area contributed by atoms with Crippen LogP contribution in [0.25, 0.3) is 0 Å². The van der Waals surface area contributed by atoms with Gasteiger partial charge in [-0.05, 0) is 36.8 Å². The van der Waals surface area contributed by atoms with Crippen molar-refractivity contribution in [2.45, 2.75) is 12.7 Å². The number of rotatable bonds is 5. The van der Waals surface area contributed by atoms with Crippen LogP contribution < -0.4 is 14.8 Å². The molecule has 6 heteroatoms. The van der Waals surface area contributed by atoms with Gasteiger partial charge in [-0.15, -0.1) is 11.8 Å². The Labute approximate surface area is 150 Å². The number of anilines is 1. The third-order valence-electron chi connectivity index (χ3n) is 3.49. The average Bonchev–Trinajstić information content (AvgIpc) is 2.57. The van der Waals surface area contributed by atoms with E-state index in [0.29, 0.717) is 41.2 Å². The predicted octanol–water partition coefficient (Wildman–Crippen LogP) is 4.29. The van der Waals surface area contributed by atoms with Crippen molar-refractivity contribution >= 4 is 35.0 Å². The molecule has 1 aliphatic rings. The second kappa shape index (κ2) is 7.81. The number of amides is 1. The lowest BCUT2D eigenvalue weighted by Crippen LogP contribution is -2.16. The highest BCUT2D eigenvalue weighted by Gasteiger charge is 2.16. The number of thioether (sulfide) groups is 1. The lowest BCUT2D eigenvalue weighted by Gasteiger charge is -2.20. The molecule has 1 heterocycles. The van der Waals surface area contributed by atoms with Gasteiger partial charge in [-0.3, -0.25) is 4.79 Å². The summed E-state index contributed by atoms with van der Waals surface area (Å²) in [6.45, 7) is 3.05. The van der Waals surface area contributed by atoms with E-state index in [2.05, 4.69) is 5.32 Å². The third-order valence-corrected chi connectivity index (χ3v) is 4.78. The SMILES string of the molecule is Cc1ccc(NC(=O)CSCc2cc(Cl)c3c(c2)OCCO3)cc1. The Kier molecular flexibility index (Phi) is 5.53. The van der Waals surface area contributed by atoms with Crippen molar-refractivity contribution in [2.24, 2.45) is 0 Å². The predicted molar refractivity (Wildman–Crippen MR) is 98.4 cm³/mol. The first-order valence-electron chi connectivity index (χ1n) is 7.64. The molecule has 0 radical (unpaired) electrons. The smallest absolute Gasteiger partial charge is 0.234 e. The van der Waals surface area contributed by atoms with Gasteiger partial charge in [0.05, 0.1) is 10.8 Å². The molecule has 0 unspecified atom stereocenters. The number of aryl methyl sites for hydroxylation is 1. The quantitative estimate of drug-likeness (QED) is 0.860. The Hall–Kier alpha value is -1.85. The van der Waals surface area contributed by atoms with E-state index < -0.39 is 0 Å². The molecule has 0 fully saturated rings. The number of carbonyl (C=O) groups is 1. The van der Waals surface area contributed by atoms with Crippen LogP contribution in [0.3, 0.4) is 0 Å². The van der Waals surface area contributed by atoms with Gasteiger partial charge in [-0.25, -0.2) is 0 Å². The fourth-order valence-electron chi connectivity index (χ4n) is 2.34. The van der Waals surface area contributed by atoms with Gasteiger partial charge in [0, 0.05) is 11.4 Å². The van der Waals surface area contributed by atoms with E-state index in [0.717, 1.165) is 16.8 Å². The van der Waals surface area contributed by atoms with E-state index in [4.69, 9.17) is 21.1 Å². The van der Waals surface area contributed by atoms with Crippen molar-refractivity contribution in [1.29, 1.82) is 0 Å². The molecule has 0 atom stereocenters. The summed E-state index contributed by atoms with van der Waals surface area (Å²) in [5.74, 6) is 2.31. The van der Waals surface area contributed by atoms with Gasteiger partial charge >= 0.3 is 0 Å². The van der Waals surface area contributed by atoms with Crippen LogP contribution in [0.1, 0.15) is 11.1 Å². The topological polar surface area (TPSA) is 47.6 Å². The van der Waals surface area contributed by atoms with E-state index in [9.17, 15) is 4.79 Å². The fraction of sp³-hybridized carbons (Fsp3) is 0.278. The molecule has 3 rings (SSSR count). The summed E-state index contributed by atoms with van der Waals surface area (Å²) in [4.78, 5) is 12.0. The maximum atomic E-state index is 12.0. The summed E-state index contributed by atoms with van der Waals surface area (Å²) in [6.07, 6.45) is 0. The molecule has 0 bridgehead atoms. The van der Waals surface area contributed by atoms with Gasteiger partial charge in [0.25, 0.3) is 0 Å². The summed E-state index contributed by atoms with van der Waals surface area (Å²) in [6, 6.07) is 11.5. The van der Waals surface area contributed by atoms with Crippen LogP contribution in [-0.2, 0) is 10.5 Å². The summed E-state index contributed by atoms with van der Waals surface area (Å²) < 4.78 is 11.1. The monoisotopic (exact) mass is 363 g/mol. The number of hydrogen-bond donors (Lipinski definition) is 1.